The highest BCUT2D eigenvalue weighted by atomic mass is 35.5. The zero-order valence-corrected chi connectivity index (χ0v) is 17.5. The molecule has 1 atom stereocenters. The third-order valence-electron chi connectivity index (χ3n) is 4.28. The molecule has 0 fully saturated rings. The number of aromatic nitrogens is 3. The third kappa shape index (κ3) is 3.21. The number of H-pyrrole nitrogens is 1. The number of likely N-dealkylation sites (N-methyl/N-ethyl adjacent to an activating group) is 1. The lowest BCUT2D eigenvalue weighted by Crippen LogP contribution is -2.29. The van der Waals surface area contributed by atoms with Crippen LogP contribution in [0.15, 0.2) is 36.0 Å². The molecular formula is C17H13ClN5O4S2-. The Morgan fingerprint density at radius 1 is 1.34 bits per heavy atom. The maximum Gasteiger partial charge on any atom is 0.294 e. The Hall–Kier alpha value is -2.73. The summed E-state index contributed by atoms with van der Waals surface area (Å²) >= 11 is 4.79. The van der Waals surface area contributed by atoms with Crippen molar-refractivity contribution in [1.82, 2.24) is 19.3 Å². The maximum atomic E-state index is 12.5. The summed E-state index contributed by atoms with van der Waals surface area (Å²) in [5.41, 5.74) is 0.976. The number of anilines is 2. The predicted octanol–water partition coefficient (Wildman–Crippen LogP) is 2.73. The Kier molecular flexibility index (Phi) is 4.90. The molecule has 12 heteroatoms. The minimum absolute atomic E-state index is 0.0225. The quantitative estimate of drug-likeness (QED) is 0.285. The topological polar surface area (TPSA) is 114 Å². The summed E-state index contributed by atoms with van der Waals surface area (Å²) in [7, 11) is 2.97. The van der Waals surface area contributed by atoms with E-state index in [2.05, 4.69) is 9.97 Å². The number of fused-ring (bicyclic) bond motifs is 2. The second kappa shape index (κ2) is 7.26. The standard InChI is InChI=1S/C17H14ClN5O4S2/c1-21(2)16(25)13(24)11-8-19-12-4-3-9(7-10(11)12)23(29(26)27)15-14(18)20-17-22(15)5-6-28-17/h3-8,19H,1-2H3,(H,26,27)/p-1. The van der Waals surface area contributed by atoms with Gasteiger partial charge in [-0.15, -0.1) is 11.3 Å². The first kappa shape index (κ1) is 19.6. The number of amides is 1. The molecule has 0 aliphatic rings. The van der Waals surface area contributed by atoms with Gasteiger partial charge in [0.1, 0.15) is 0 Å². The van der Waals surface area contributed by atoms with Crippen LogP contribution in [0, 0.1) is 0 Å². The zero-order chi connectivity index (χ0) is 20.9. The Balaban J connectivity index is 1.88. The SMILES string of the molecule is CN(C)C(=O)C(=O)c1c[nH]c2ccc(N(c3c(Cl)nc4sccn34)S(=O)[O-])cc12. The number of benzene rings is 1. The summed E-state index contributed by atoms with van der Waals surface area (Å²) < 4.78 is 26.8. The summed E-state index contributed by atoms with van der Waals surface area (Å²) in [6, 6.07) is 4.71. The van der Waals surface area contributed by atoms with Gasteiger partial charge in [-0.2, -0.15) is 0 Å². The summed E-state index contributed by atoms with van der Waals surface area (Å²) in [4.78, 5) is 33.4. The van der Waals surface area contributed by atoms with Crippen LogP contribution >= 0.6 is 22.9 Å². The molecular weight excluding hydrogens is 438 g/mol. The normalized spacial score (nSPS) is 12.4. The first-order chi connectivity index (χ1) is 13.8. The average molecular weight is 451 g/mol. The molecule has 0 saturated carbocycles. The number of Topliss-reactive ketones (excluding diaryl/α,β-unsaturated/α-hetero) is 1. The fraction of sp³-hybridized carbons (Fsp3) is 0.118. The molecule has 1 unspecified atom stereocenters. The van der Waals surface area contributed by atoms with Crippen LogP contribution in [0.25, 0.3) is 15.9 Å². The van der Waals surface area contributed by atoms with Crippen molar-refractivity contribution in [1.29, 1.82) is 0 Å². The van der Waals surface area contributed by atoms with Crippen molar-refractivity contribution in [2.45, 2.75) is 0 Å². The van der Waals surface area contributed by atoms with Gasteiger partial charge in [-0.05, 0) is 18.2 Å². The van der Waals surface area contributed by atoms with Crippen LogP contribution in [0.5, 0.6) is 0 Å². The van der Waals surface area contributed by atoms with Crippen LogP contribution in [0.4, 0.5) is 11.5 Å². The molecule has 4 rings (SSSR count). The predicted molar refractivity (Wildman–Crippen MR) is 110 cm³/mol. The van der Waals surface area contributed by atoms with E-state index in [1.54, 1.807) is 28.1 Å². The fourth-order valence-electron chi connectivity index (χ4n) is 2.95. The van der Waals surface area contributed by atoms with E-state index in [-0.39, 0.29) is 22.2 Å². The number of carbonyl (C=O) groups is 2. The van der Waals surface area contributed by atoms with Crippen molar-refractivity contribution >= 4 is 73.3 Å². The van der Waals surface area contributed by atoms with E-state index in [0.29, 0.717) is 15.9 Å². The Morgan fingerprint density at radius 3 is 2.79 bits per heavy atom. The van der Waals surface area contributed by atoms with Gasteiger partial charge in [0, 0.05) is 42.8 Å². The van der Waals surface area contributed by atoms with E-state index in [4.69, 9.17) is 11.6 Å². The highest BCUT2D eigenvalue weighted by Crippen LogP contribution is 2.36. The lowest BCUT2D eigenvalue weighted by molar-refractivity contribution is -0.124. The molecule has 3 heterocycles. The highest BCUT2D eigenvalue weighted by molar-refractivity contribution is 7.81. The number of nitrogens with one attached hydrogen (secondary N) is 1. The van der Waals surface area contributed by atoms with Crippen LogP contribution in [0.3, 0.4) is 0 Å². The number of aromatic amines is 1. The largest absolute Gasteiger partial charge is 0.755 e. The molecule has 1 amide bonds. The van der Waals surface area contributed by atoms with Gasteiger partial charge in [0.25, 0.3) is 11.7 Å². The van der Waals surface area contributed by atoms with E-state index in [9.17, 15) is 18.4 Å². The van der Waals surface area contributed by atoms with Crippen molar-refractivity contribution in [3.63, 3.8) is 0 Å². The average Bonchev–Trinajstić information content (AvgIpc) is 3.36. The first-order valence-corrected chi connectivity index (χ1v) is 10.5. The van der Waals surface area contributed by atoms with E-state index < -0.39 is 23.0 Å². The molecule has 0 bridgehead atoms. The minimum atomic E-state index is -2.73. The number of halogens is 1. The molecule has 0 aliphatic heterocycles. The summed E-state index contributed by atoms with van der Waals surface area (Å²) in [6.07, 6.45) is 3.09. The molecule has 1 N–H and O–H groups in total. The van der Waals surface area contributed by atoms with E-state index in [1.807, 2.05) is 0 Å². The number of rotatable bonds is 5. The minimum Gasteiger partial charge on any atom is -0.755 e. The van der Waals surface area contributed by atoms with Crippen LogP contribution in [0.1, 0.15) is 10.4 Å². The van der Waals surface area contributed by atoms with Gasteiger partial charge in [0.05, 0.1) is 22.5 Å². The second-order valence-corrected chi connectivity index (χ2v) is 8.28. The lowest BCUT2D eigenvalue weighted by Gasteiger charge is -2.25. The number of hydrogen-bond donors (Lipinski definition) is 1. The second-order valence-electron chi connectivity index (χ2n) is 6.25. The van der Waals surface area contributed by atoms with Gasteiger partial charge in [0.2, 0.25) is 0 Å². The van der Waals surface area contributed by atoms with Crippen LogP contribution in [-0.2, 0) is 16.1 Å². The van der Waals surface area contributed by atoms with E-state index in [0.717, 1.165) is 4.31 Å². The Morgan fingerprint density at radius 2 is 2.10 bits per heavy atom. The molecule has 0 radical (unpaired) electrons. The first-order valence-electron chi connectivity index (χ1n) is 8.17. The highest BCUT2D eigenvalue weighted by Gasteiger charge is 2.24. The van der Waals surface area contributed by atoms with Gasteiger partial charge in [-0.1, -0.05) is 11.6 Å². The molecule has 0 saturated heterocycles. The zero-order valence-electron chi connectivity index (χ0n) is 15.1. The van der Waals surface area contributed by atoms with Gasteiger partial charge in [-0.25, -0.2) is 4.98 Å². The summed E-state index contributed by atoms with van der Waals surface area (Å²) in [6.45, 7) is 0. The number of nitrogens with zero attached hydrogens (tertiary/aromatic N) is 4. The smallest absolute Gasteiger partial charge is 0.294 e. The van der Waals surface area contributed by atoms with E-state index >= 15 is 0 Å². The van der Waals surface area contributed by atoms with Gasteiger partial charge >= 0.3 is 0 Å². The van der Waals surface area contributed by atoms with Crippen molar-refractivity contribution in [3.05, 3.63) is 46.7 Å². The number of imidazole rings is 1. The van der Waals surface area contributed by atoms with E-state index in [1.165, 1.54) is 42.6 Å². The van der Waals surface area contributed by atoms with Gasteiger partial charge in [0.15, 0.2) is 15.9 Å². The number of thiazole rings is 1. The summed E-state index contributed by atoms with van der Waals surface area (Å²) in [5, 5.41) is 2.20. The van der Waals surface area contributed by atoms with Crippen LogP contribution < -0.4 is 4.31 Å². The molecule has 29 heavy (non-hydrogen) atoms. The Bertz CT molecular complexity index is 1290. The fourth-order valence-corrected chi connectivity index (χ4v) is 4.62. The number of ketones is 1. The molecule has 3 aromatic heterocycles. The van der Waals surface area contributed by atoms with Gasteiger partial charge < -0.3 is 14.4 Å². The molecule has 9 nitrogen and oxygen atoms in total. The molecule has 0 spiro atoms. The van der Waals surface area contributed by atoms with Crippen LogP contribution in [0.2, 0.25) is 5.15 Å². The molecule has 4 aromatic rings. The van der Waals surface area contributed by atoms with Crippen molar-refractivity contribution in [3.8, 4) is 0 Å². The monoisotopic (exact) mass is 450 g/mol. The molecule has 0 aliphatic carbocycles. The van der Waals surface area contributed by atoms with Crippen molar-refractivity contribution in [2.24, 2.45) is 0 Å². The molecule has 150 valence electrons. The number of carbonyl (C=O) groups excluding carboxylic acids is 2. The number of hydrogen-bond acceptors (Lipinski definition) is 6. The maximum absolute atomic E-state index is 12.5. The lowest BCUT2D eigenvalue weighted by atomic mass is 10.1. The summed E-state index contributed by atoms with van der Waals surface area (Å²) in [5.74, 6) is -1.22. The Labute approximate surface area is 175 Å². The van der Waals surface area contributed by atoms with Crippen molar-refractivity contribution in [2.75, 3.05) is 18.4 Å². The van der Waals surface area contributed by atoms with Crippen LogP contribution in [-0.4, -0.2) is 53.8 Å². The van der Waals surface area contributed by atoms with Crippen molar-refractivity contribution < 1.29 is 18.4 Å². The van der Waals surface area contributed by atoms with Gasteiger partial charge in [-0.3, -0.25) is 22.5 Å². The molecule has 1 aromatic carbocycles. The third-order valence-corrected chi connectivity index (χ3v) is 5.97.